The van der Waals surface area contributed by atoms with Crippen molar-refractivity contribution in [2.75, 3.05) is 23.7 Å². The molecule has 44 heavy (non-hydrogen) atoms. The quantitative estimate of drug-likeness (QED) is 0.147. The number of amides is 2. The number of halogens is 4. The topological polar surface area (TPSA) is 84.3 Å². The number of aryl methyl sites for hydroxylation is 1. The fraction of sp³-hybridized carbons (Fsp3) is 0.323. The van der Waals surface area contributed by atoms with Crippen LogP contribution in [0.15, 0.2) is 73.1 Å². The molecular weight excluding hydrogens is 596 g/mol. The van der Waals surface area contributed by atoms with E-state index in [0.29, 0.717) is 18.1 Å². The maximum Gasteiger partial charge on any atom is 0.573 e. The zero-order valence-electron chi connectivity index (χ0n) is 24.1. The van der Waals surface area contributed by atoms with Crippen LogP contribution in [-0.4, -0.2) is 51.5 Å². The van der Waals surface area contributed by atoms with E-state index in [1.54, 1.807) is 23.9 Å². The first-order valence-electron chi connectivity index (χ1n) is 14.1. The summed E-state index contributed by atoms with van der Waals surface area (Å²) in [7, 11) is 0. The third-order valence-corrected chi connectivity index (χ3v) is 8.14. The molecule has 1 saturated heterocycles. The van der Waals surface area contributed by atoms with E-state index in [2.05, 4.69) is 30.4 Å². The number of thioether (sulfide) groups is 1. The lowest BCUT2D eigenvalue weighted by Gasteiger charge is -2.29. The van der Waals surface area contributed by atoms with Crippen molar-refractivity contribution < 1.29 is 27.1 Å². The fourth-order valence-electron chi connectivity index (χ4n) is 4.88. The summed E-state index contributed by atoms with van der Waals surface area (Å²) in [6.45, 7) is 5.32. The molecule has 3 aromatic carbocycles. The number of hydrogen-bond donors (Lipinski definition) is 2. The van der Waals surface area contributed by atoms with Gasteiger partial charge in [0.2, 0.25) is 0 Å². The highest BCUT2D eigenvalue weighted by Crippen LogP contribution is 2.34. The van der Waals surface area contributed by atoms with Crippen molar-refractivity contribution in [3.8, 4) is 22.8 Å². The summed E-state index contributed by atoms with van der Waals surface area (Å²) in [5.74, 6) is 0.915. The SMILES string of the molecule is CC(C)c1cc(F)ccc1N1CCSC1NC(=O)NCCCc1ccc(-c2ncn(-c3ccc(OC(F)(F)F)cc3)n2)cc1. The summed E-state index contributed by atoms with van der Waals surface area (Å²) >= 11 is 1.64. The highest BCUT2D eigenvalue weighted by Gasteiger charge is 2.31. The van der Waals surface area contributed by atoms with Crippen LogP contribution in [0.4, 0.5) is 28.0 Å². The second kappa shape index (κ2) is 13.6. The van der Waals surface area contributed by atoms with Gasteiger partial charge in [-0.1, -0.05) is 38.1 Å². The van der Waals surface area contributed by atoms with Gasteiger partial charge in [0.25, 0.3) is 0 Å². The Bertz CT molecular complexity index is 1560. The van der Waals surface area contributed by atoms with Gasteiger partial charge in [-0.25, -0.2) is 18.9 Å². The van der Waals surface area contributed by atoms with Gasteiger partial charge < -0.3 is 20.3 Å². The summed E-state index contributed by atoms with van der Waals surface area (Å²) in [4.78, 5) is 19.1. The second-order valence-electron chi connectivity index (χ2n) is 10.5. The van der Waals surface area contributed by atoms with Gasteiger partial charge in [-0.15, -0.1) is 30.0 Å². The van der Waals surface area contributed by atoms with Crippen molar-refractivity contribution in [2.45, 2.75) is 44.5 Å². The molecule has 2 N–H and O–H groups in total. The molecule has 2 heterocycles. The zero-order valence-corrected chi connectivity index (χ0v) is 25.0. The maximum atomic E-state index is 13.9. The number of anilines is 1. The molecular formula is C31H32F4N6O2S. The number of aromatic nitrogens is 3. The minimum atomic E-state index is -4.75. The number of benzene rings is 3. The fourth-order valence-corrected chi connectivity index (χ4v) is 6.00. The Morgan fingerprint density at radius 2 is 1.84 bits per heavy atom. The molecule has 13 heteroatoms. The van der Waals surface area contributed by atoms with Crippen molar-refractivity contribution in [1.82, 2.24) is 25.4 Å². The van der Waals surface area contributed by atoms with Gasteiger partial charge >= 0.3 is 12.4 Å². The predicted molar refractivity (Wildman–Crippen MR) is 162 cm³/mol. The van der Waals surface area contributed by atoms with Crippen LogP contribution in [0.25, 0.3) is 17.1 Å². The molecule has 5 rings (SSSR count). The monoisotopic (exact) mass is 628 g/mol. The zero-order chi connectivity index (χ0) is 31.3. The molecule has 1 unspecified atom stereocenters. The Morgan fingerprint density at radius 3 is 2.55 bits per heavy atom. The molecule has 4 aromatic rings. The van der Waals surface area contributed by atoms with Crippen LogP contribution in [0.5, 0.6) is 5.75 Å². The molecule has 1 aromatic heterocycles. The average Bonchev–Trinajstić information content (AvgIpc) is 3.66. The van der Waals surface area contributed by atoms with E-state index >= 15 is 0 Å². The Morgan fingerprint density at radius 1 is 1.09 bits per heavy atom. The first kappa shape index (κ1) is 31.2. The summed E-state index contributed by atoms with van der Waals surface area (Å²) in [5, 5.41) is 10.4. The van der Waals surface area contributed by atoms with E-state index in [-0.39, 0.29) is 29.0 Å². The number of rotatable bonds is 10. The number of nitrogens with zero attached hydrogens (tertiary/aromatic N) is 4. The van der Waals surface area contributed by atoms with Gasteiger partial charge in [0.1, 0.15) is 17.9 Å². The normalized spacial score (nSPS) is 15.1. The van der Waals surface area contributed by atoms with Crippen LogP contribution in [0.3, 0.4) is 0 Å². The number of urea groups is 1. The number of carbonyl (C=O) groups excluding carboxylic acids is 1. The molecule has 0 spiro atoms. The molecule has 0 bridgehead atoms. The molecule has 232 valence electrons. The molecule has 1 atom stereocenters. The molecule has 1 aliphatic rings. The minimum absolute atomic E-state index is 0.152. The number of ether oxygens (including phenoxy) is 1. The largest absolute Gasteiger partial charge is 0.573 e. The summed E-state index contributed by atoms with van der Waals surface area (Å²) in [6.07, 6.45) is -1.76. The summed E-state index contributed by atoms with van der Waals surface area (Å²) in [5.41, 5.74) is 4.05. The molecule has 0 radical (unpaired) electrons. The predicted octanol–water partition coefficient (Wildman–Crippen LogP) is 6.86. The van der Waals surface area contributed by atoms with Gasteiger partial charge in [0.15, 0.2) is 11.3 Å². The molecule has 1 aliphatic heterocycles. The lowest BCUT2D eigenvalue weighted by Crippen LogP contribution is -2.47. The van der Waals surface area contributed by atoms with E-state index in [9.17, 15) is 22.4 Å². The standard InChI is InChI=1S/C31H32F4N6O2S/c1-20(2)26-18-23(32)9-14-27(26)40-16-17-44-30(40)38-29(42)36-15-3-4-21-5-7-22(8-6-21)28-37-19-41(39-28)24-10-12-25(13-11-24)43-31(33,34)35/h5-14,18-20,30H,3-4,15-17H2,1-2H3,(H2,36,38,42). The summed E-state index contributed by atoms with van der Waals surface area (Å²) < 4.78 is 56.4. The third kappa shape index (κ3) is 8.01. The van der Waals surface area contributed by atoms with Gasteiger partial charge in [0.05, 0.1) is 5.69 Å². The first-order chi connectivity index (χ1) is 21.1. The highest BCUT2D eigenvalue weighted by atomic mass is 32.2. The molecule has 8 nitrogen and oxygen atoms in total. The van der Waals surface area contributed by atoms with Crippen LogP contribution in [-0.2, 0) is 6.42 Å². The van der Waals surface area contributed by atoms with E-state index in [1.807, 2.05) is 38.1 Å². The van der Waals surface area contributed by atoms with Gasteiger partial charge in [-0.2, -0.15) is 0 Å². The van der Waals surface area contributed by atoms with E-state index < -0.39 is 6.36 Å². The van der Waals surface area contributed by atoms with Crippen molar-refractivity contribution in [1.29, 1.82) is 0 Å². The third-order valence-electron chi connectivity index (χ3n) is 7.03. The minimum Gasteiger partial charge on any atom is -0.406 e. The van der Waals surface area contributed by atoms with Gasteiger partial charge in [0, 0.05) is 30.1 Å². The van der Waals surface area contributed by atoms with Crippen LogP contribution >= 0.6 is 11.8 Å². The maximum absolute atomic E-state index is 13.9. The lowest BCUT2D eigenvalue weighted by atomic mass is 10.0. The van der Waals surface area contributed by atoms with Crippen molar-refractivity contribution in [3.63, 3.8) is 0 Å². The first-order valence-corrected chi connectivity index (χ1v) is 15.2. The van der Waals surface area contributed by atoms with Gasteiger partial charge in [-0.3, -0.25) is 0 Å². The van der Waals surface area contributed by atoms with Crippen LogP contribution in [0, 0.1) is 5.82 Å². The average molecular weight is 629 g/mol. The van der Waals surface area contributed by atoms with E-state index in [0.717, 1.165) is 47.5 Å². The molecule has 0 saturated carbocycles. The van der Waals surface area contributed by atoms with Crippen molar-refractivity contribution in [2.24, 2.45) is 0 Å². The van der Waals surface area contributed by atoms with Gasteiger partial charge in [-0.05, 0) is 72.4 Å². The van der Waals surface area contributed by atoms with E-state index in [4.69, 9.17) is 0 Å². The Labute approximate surface area is 256 Å². The Hall–Kier alpha value is -4.26. The van der Waals surface area contributed by atoms with Crippen molar-refractivity contribution in [3.05, 3.63) is 90.0 Å². The van der Waals surface area contributed by atoms with Crippen molar-refractivity contribution >= 4 is 23.5 Å². The summed E-state index contributed by atoms with van der Waals surface area (Å²) in [6, 6.07) is 17.7. The molecule has 2 amide bonds. The van der Waals surface area contributed by atoms with E-state index in [1.165, 1.54) is 41.3 Å². The van der Waals surface area contributed by atoms with Crippen LogP contribution in [0.1, 0.15) is 37.3 Å². The highest BCUT2D eigenvalue weighted by molar-refractivity contribution is 8.00. The second-order valence-corrected chi connectivity index (χ2v) is 11.7. The Kier molecular flexibility index (Phi) is 9.62. The number of nitrogens with one attached hydrogen (secondary N) is 2. The smallest absolute Gasteiger partial charge is 0.406 e. The lowest BCUT2D eigenvalue weighted by molar-refractivity contribution is -0.274. The van der Waals surface area contributed by atoms with Crippen LogP contribution in [0.2, 0.25) is 0 Å². The number of carbonyl (C=O) groups is 1. The molecule has 1 fully saturated rings. The number of hydrogen-bond acceptors (Lipinski definition) is 6. The van der Waals surface area contributed by atoms with Crippen LogP contribution < -0.4 is 20.3 Å². The number of alkyl halides is 3. The molecule has 0 aliphatic carbocycles. The Balaban J connectivity index is 1.08.